The van der Waals surface area contributed by atoms with E-state index in [-0.39, 0.29) is 36.3 Å². The average molecular weight is 473 g/mol. The predicted octanol–water partition coefficient (Wildman–Crippen LogP) is 3.68. The Labute approximate surface area is 169 Å². The van der Waals surface area contributed by atoms with Gasteiger partial charge in [-0.3, -0.25) is 4.99 Å². The lowest BCUT2D eigenvalue weighted by Gasteiger charge is -2.13. The Morgan fingerprint density at radius 1 is 1.19 bits per heavy atom. The van der Waals surface area contributed by atoms with Gasteiger partial charge in [0.25, 0.3) is 0 Å². The Morgan fingerprint density at radius 3 is 2.65 bits per heavy atom. The van der Waals surface area contributed by atoms with Crippen molar-refractivity contribution in [2.45, 2.75) is 18.4 Å². The van der Waals surface area contributed by atoms with E-state index in [1.54, 1.807) is 7.05 Å². The zero-order chi connectivity index (χ0) is 17.6. The number of aliphatic imine (C=N–C) groups is 1. The number of nitrogens with zero attached hydrogens (tertiary/aromatic N) is 1. The molecule has 4 nitrogen and oxygen atoms in total. The van der Waals surface area contributed by atoms with Crippen LogP contribution in [0.5, 0.6) is 5.75 Å². The highest BCUT2D eigenvalue weighted by Gasteiger charge is 2.38. The van der Waals surface area contributed by atoms with Gasteiger partial charge in [-0.1, -0.05) is 30.3 Å². The first kappa shape index (κ1) is 20.4. The molecule has 0 spiro atoms. The standard InChI is InChI=1S/C19H21F2N3O.HI/c1-22-19(24-17-12-15(17)13-5-3-2-4-6-13)23-9-10-25-18-8-7-14(20)11-16(18)21;/h2-8,11,15,17H,9-10,12H2,1H3,(H2,22,23,24);1H. The summed E-state index contributed by atoms with van der Waals surface area (Å²) in [6, 6.07) is 14.0. The summed E-state index contributed by atoms with van der Waals surface area (Å²) in [7, 11) is 1.70. The van der Waals surface area contributed by atoms with E-state index in [1.807, 2.05) is 18.2 Å². The fraction of sp³-hybridized carbons (Fsp3) is 0.316. The summed E-state index contributed by atoms with van der Waals surface area (Å²) in [5.74, 6) is -0.0930. The summed E-state index contributed by atoms with van der Waals surface area (Å²) in [5.41, 5.74) is 1.32. The van der Waals surface area contributed by atoms with E-state index in [4.69, 9.17) is 4.74 Å². The second kappa shape index (κ2) is 9.70. The monoisotopic (exact) mass is 473 g/mol. The molecule has 1 aliphatic carbocycles. The molecule has 3 rings (SSSR count). The largest absolute Gasteiger partial charge is 0.489 e. The molecular formula is C19H22F2IN3O. The van der Waals surface area contributed by atoms with Crippen molar-refractivity contribution in [3.63, 3.8) is 0 Å². The fourth-order valence-corrected chi connectivity index (χ4v) is 2.72. The maximum absolute atomic E-state index is 13.5. The molecule has 0 aliphatic heterocycles. The molecule has 0 aromatic heterocycles. The summed E-state index contributed by atoms with van der Waals surface area (Å²) < 4.78 is 31.6. The van der Waals surface area contributed by atoms with Gasteiger partial charge in [-0.25, -0.2) is 8.78 Å². The molecule has 0 radical (unpaired) electrons. The number of nitrogens with one attached hydrogen (secondary N) is 2. The van der Waals surface area contributed by atoms with Crippen LogP contribution in [0.25, 0.3) is 0 Å². The summed E-state index contributed by atoms with van der Waals surface area (Å²) in [6.45, 7) is 0.704. The van der Waals surface area contributed by atoms with Crippen molar-refractivity contribution in [1.29, 1.82) is 0 Å². The third-order valence-corrected chi connectivity index (χ3v) is 4.11. The number of hydrogen-bond donors (Lipinski definition) is 2. The van der Waals surface area contributed by atoms with Gasteiger partial charge in [-0.2, -0.15) is 0 Å². The van der Waals surface area contributed by atoms with Gasteiger partial charge in [0.1, 0.15) is 12.4 Å². The molecule has 2 atom stereocenters. The second-order valence-corrected chi connectivity index (χ2v) is 5.93. The number of ether oxygens (including phenoxy) is 1. The highest BCUT2D eigenvalue weighted by Crippen LogP contribution is 2.40. The minimum absolute atomic E-state index is 0. The molecule has 2 unspecified atom stereocenters. The van der Waals surface area contributed by atoms with Crippen molar-refractivity contribution < 1.29 is 13.5 Å². The van der Waals surface area contributed by atoms with Crippen molar-refractivity contribution in [3.05, 3.63) is 65.7 Å². The van der Waals surface area contributed by atoms with E-state index in [0.717, 1.165) is 12.5 Å². The Morgan fingerprint density at radius 2 is 1.96 bits per heavy atom. The van der Waals surface area contributed by atoms with E-state index in [0.29, 0.717) is 24.5 Å². The molecule has 0 amide bonds. The van der Waals surface area contributed by atoms with E-state index in [1.165, 1.54) is 17.7 Å². The van der Waals surface area contributed by atoms with Gasteiger partial charge < -0.3 is 15.4 Å². The minimum atomic E-state index is -0.703. The quantitative estimate of drug-likeness (QED) is 0.291. The van der Waals surface area contributed by atoms with E-state index < -0.39 is 11.6 Å². The van der Waals surface area contributed by atoms with Gasteiger partial charge in [0.2, 0.25) is 0 Å². The van der Waals surface area contributed by atoms with E-state index in [2.05, 4.69) is 27.8 Å². The molecule has 26 heavy (non-hydrogen) atoms. The van der Waals surface area contributed by atoms with Crippen LogP contribution in [0.2, 0.25) is 0 Å². The number of guanidine groups is 1. The highest BCUT2D eigenvalue weighted by atomic mass is 127. The van der Waals surface area contributed by atoms with Crippen molar-refractivity contribution in [2.75, 3.05) is 20.2 Å². The number of benzene rings is 2. The summed E-state index contributed by atoms with van der Waals surface area (Å²) in [6.07, 6.45) is 1.07. The van der Waals surface area contributed by atoms with Gasteiger partial charge in [-0.15, -0.1) is 24.0 Å². The molecule has 1 aliphatic rings. The molecule has 140 valence electrons. The molecule has 0 bridgehead atoms. The van der Waals surface area contributed by atoms with E-state index >= 15 is 0 Å². The number of rotatable bonds is 6. The fourth-order valence-electron chi connectivity index (χ4n) is 2.72. The first-order valence-electron chi connectivity index (χ1n) is 8.27. The van der Waals surface area contributed by atoms with Crippen molar-refractivity contribution in [2.24, 2.45) is 4.99 Å². The van der Waals surface area contributed by atoms with Crippen LogP contribution in [-0.4, -0.2) is 32.2 Å². The summed E-state index contributed by atoms with van der Waals surface area (Å²) in [4.78, 5) is 4.19. The van der Waals surface area contributed by atoms with Crippen LogP contribution < -0.4 is 15.4 Å². The van der Waals surface area contributed by atoms with Crippen molar-refractivity contribution >= 4 is 29.9 Å². The topological polar surface area (TPSA) is 45.7 Å². The normalized spacial score (nSPS) is 18.7. The third-order valence-electron chi connectivity index (χ3n) is 4.11. The molecule has 7 heteroatoms. The Balaban J connectivity index is 0.00000243. The number of hydrogen-bond acceptors (Lipinski definition) is 2. The average Bonchev–Trinajstić information content (AvgIpc) is 3.39. The second-order valence-electron chi connectivity index (χ2n) is 5.93. The molecule has 2 aromatic rings. The lowest BCUT2D eigenvalue weighted by molar-refractivity contribution is 0.304. The summed E-state index contributed by atoms with van der Waals surface area (Å²) in [5, 5.41) is 6.50. The maximum atomic E-state index is 13.5. The van der Waals surface area contributed by atoms with Crippen molar-refractivity contribution in [1.82, 2.24) is 10.6 Å². The van der Waals surface area contributed by atoms with Crippen LogP contribution >= 0.6 is 24.0 Å². The SMILES string of the molecule is CN=C(NCCOc1ccc(F)cc1F)NC1CC1c1ccccc1.I. The van der Waals surface area contributed by atoms with Crippen LogP contribution in [0.1, 0.15) is 17.9 Å². The zero-order valence-corrected chi connectivity index (χ0v) is 16.7. The van der Waals surface area contributed by atoms with Gasteiger partial charge in [0.05, 0.1) is 6.54 Å². The van der Waals surface area contributed by atoms with Gasteiger partial charge in [0, 0.05) is 25.1 Å². The van der Waals surface area contributed by atoms with Crippen molar-refractivity contribution in [3.8, 4) is 5.75 Å². The molecule has 0 heterocycles. The first-order chi connectivity index (χ1) is 12.2. The smallest absolute Gasteiger partial charge is 0.191 e. The van der Waals surface area contributed by atoms with E-state index in [9.17, 15) is 8.78 Å². The third kappa shape index (κ3) is 5.55. The molecule has 1 fully saturated rings. The Hall–Kier alpha value is -1.90. The molecule has 0 saturated heterocycles. The Kier molecular flexibility index (Phi) is 7.62. The maximum Gasteiger partial charge on any atom is 0.191 e. The van der Waals surface area contributed by atoms with Crippen LogP contribution in [-0.2, 0) is 0 Å². The molecule has 2 aromatic carbocycles. The Bertz CT molecular complexity index is 743. The highest BCUT2D eigenvalue weighted by molar-refractivity contribution is 14.0. The van der Waals surface area contributed by atoms with Gasteiger partial charge in [-0.05, 0) is 24.1 Å². The van der Waals surface area contributed by atoms with Crippen LogP contribution in [0.15, 0.2) is 53.5 Å². The molecule has 1 saturated carbocycles. The van der Waals surface area contributed by atoms with Gasteiger partial charge >= 0.3 is 0 Å². The lowest BCUT2D eigenvalue weighted by Crippen LogP contribution is -2.40. The minimum Gasteiger partial charge on any atom is -0.489 e. The van der Waals surface area contributed by atoms with Crippen LogP contribution in [0, 0.1) is 11.6 Å². The van der Waals surface area contributed by atoms with Crippen LogP contribution in [0.4, 0.5) is 8.78 Å². The van der Waals surface area contributed by atoms with Gasteiger partial charge in [0.15, 0.2) is 17.5 Å². The number of halogens is 3. The predicted molar refractivity (Wildman–Crippen MR) is 109 cm³/mol. The molecule has 2 N–H and O–H groups in total. The van der Waals surface area contributed by atoms with Crippen LogP contribution in [0.3, 0.4) is 0 Å². The molecular weight excluding hydrogens is 451 g/mol. The summed E-state index contributed by atoms with van der Waals surface area (Å²) >= 11 is 0. The zero-order valence-electron chi connectivity index (χ0n) is 14.4. The first-order valence-corrected chi connectivity index (χ1v) is 8.27. The lowest BCUT2D eigenvalue weighted by atomic mass is 10.1.